The third-order valence-corrected chi connectivity index (χ3v) is 8.23. The molecule has 7 nitrogen and oxygen atoms in total. The normalized spacial score (nSPS) is 19.9. The van der Waals surface area contributed by atoms with Crippen LogP contribution in [0.5, 0.6) is 0 Å². The van der Waals surface area contributed by atoms with Gasteiger partial charge in [-0.2, -0.15) is 0 Å². The standard InChI is InChI=1S/C30H33FN4O3S/c1-3-25-27(29(37)38-2)28(21-10-7-11-22(31)16-21)35-24(19-39-30(35)33-25)17-26(36)32-23-12-14-34(15-13-23)18-20-8-5-4-6-9-20/h4-11,16,19,23,28H,3,12-15,17-18H2,1-2H3,(H,32,36). The maximum absolute atomic E-state index is 14.3. The molecule has 1 N–H and O–H groups in total. The quantitative estimate of drug-likeness (QED) is 0.461. The smallest absolute Gasteiger partial charge is 0.338 e. The first-order valence-corrected chi connectivity index (χ1v) is 14.2. The Morgan fingerprint density at radius 1 is 1.13 bits per heavy atom. The number of nitrogens with one attached hydrogen (secondary N) is 1. The number of esters is 1. The van der Waals surface area contributed by atoms with Gasteiger partial charge < -0.3 is 15.0 Å². The number of fused-ring (bicyclic) bond motifs is 1. The van der Waals surface area contributed by atoms with Crippen LogP contribution in [0.2, 0.25) is 0 Å². The summed E-state index contributed by atoms with van der Waals surface area (Å²) in [6.07, 6.45) is 2.44. The highest BCUT2D eigenvalue weighted by molar-refractivity contribution is 8.16. The number of carbonyl (C=O) groups excluding carboxylic acids is 2. The number of rotatable bonds is 8. The minimum Gasteiger partial charge on any atom is -0.466 e. The van der Waals surface area contributed by atoms with Gasteiger partial charge in [-0.1, -0.05) is 61.2 Å². The van der Waals surface area contributed by atoms with Crippen molar-refractivity contribution in [2.75, 3.05) is 20.2 Å². The lowest BCUT2D eigenvalue weighted by atomic mass is 9.92. The minimum absolute atomic E-state index is 0.0764. The molecule has 3 aliphatic rings. The van der Waals surface area contributed by atoms with E-state index in [0.29, 0.717) is 28.4 Å². The zero-order valence-corrected chi connectivity index (χ0v) is 23.0. The Labute approximate surface area is 232 Å². The van der Waals surface area contributed by atoms with Crippen LogP contribution in [0, 0.1) is 5.82 Å². The second-order valence-corrected chi connectivity index (χ2v) is 10.8. The van der Waals surface area contributed by atoms with Gasteiger partial charge in [-0.05, 0) is 47.9 Å². The molecule has 2 aromatic carbocycles. The fourth-order valence-electron chi connectivity index (χ4n) is 5.42. The Bertz CT molecular complexity index is 1320. The Balaban J connectivity index is 1.28. The summed E-state index contributed by atoms with van der Waals surface area (Å²) in [7, 11) is 1.33. The highest BCUT2D eigenvalue weighted by Gasteiger charge is 2.41. The predicted octanol–water partition coefficient (Wildman–Crippen LogP) is 5.13. The molecular weight excluding hydrogens is 515 g/mol. The fraction of sp³-hybridized carbons (Fsp3) is 0.367. The van der Waals surface area contributed by atoms with Gasteiger partial charge in [0, 0.05) is 31.4 Å². The van der Waals surface area contributed by atoms with Crippen molar-refractivity contribution in [2.24, 2.45) is 4.99 Å². The van der Waals surface area contributed by atoms with Crippen LogP contribution < -0.4 is 5.32 Å². The molecule has 1 atom stereocenters. The molecule has 2 aromatic rings. The molecule has 1 saturated heterocycles. The summed E-state index contributed by atoms with van der Waals surface area (Å²) in [5.74, 6) is -0.980. The summed E-state index contributed by atoms with van der Waals surface area (Å²) in [6.45, 7) is 4.69. The third kappa shape index (κ3) is 6.09. The lowest BCUT2D eigenvalue weighted by molar-refractivity contribution is -0.136. The average molecular weight is 549 g/mol. The van der Waals surface area contributed by atoms with Gasteiger partial charge in [0.25, 0.3) is 0 Å². The number of thioether (sulfide) groups is 1. The number of amidine groups is 1. The lowest BCUT2D eigenvalue weighted by Crippen LogP contribution is -2.45. The molecule has 0 spiro atoms. The number of likely N-dealkylation sites (tertiary alicyclic amines) is 1. The van der Waals surface area contributed by atoms with E-state index in [0.717, 1.165) is 38.2 Å². The van der Waals surface area contributed by atoms with E-state index in [2.05, 4.69) is 34.5 Å². The number of benzene rings is 2. The zero-order chi connectivity index (χ0) is 27.4. The SMILES string of the molecule is CCC1=C(C(=O)OC)C(c2cccc(F)c2)N2C(CC(=O)NC3CCN(Cc4ccccc4)CC3)=CSC2=N1. The van der Waals surface area contributed by atoms with Crippen molar-refractivity contribution in [3.8, 4) is 0 Å². The van der Waals surface area contributed by atoms with Gasteiger partial charge >= 0.3 is 5.97 Å². The van der Waals surface area contributed by atoms with Crippen molar-refractivity contribution in [2.45, 2.75) is 51.2 Å². The van der Waals surface area contributed by atoms with Gasteiger partial charge in [-0.3, -0.25) is 9.69 Å². The Morgan fingerprint density at radius 2 is 1.90 bits per heavy atom. The number of halogens is 1. The topological polar surface area (TPSA) is 74.2 Å². The van der Waals surface area contributed by atoms with E-state index in [9.17, 15) is 14.0 Å². The molecule has 0 bridgehead atoms. The predicted molar refractivity (Wildman–Crippen MR) is 151 cm³/mol. The largest absolute Gasteiger partial charge is 0.466 e. The van der Waals surface area contributed by atoms with Crippen LogP contribution in [0.3, 0.4) is 0 Å². The number of methoxy groups -OCH3 is 1. The zero-order valence-electron chi connectivity index (χ0n) is 22.2. The number of aliphatic imine (C=N–C) groups is 1. The van der Waals surface area contributed by atoms with Gasteiger partial charge in [0.05, 0.1) is 30.8 Å². The summed E-state index contributed by atoms with van der Waals surface area (Å²) >= 11 is 1.41. The van der Waals surface area contributed by atoms with E-state index in [4.69, 9.17) is 9.73 Å². The van der Waals surface area contributed by atoms with Crippen molar-refractivity contribution in [3.05, 3.63) is 93.9 Å². The summed E-state index contributed by atoms with van der Waals surface area (Å²) < 4.78 is 19.4. The second kappa shape index (κ2) is 12.2. The van der Waals surface area contributed by atoms with Gasteiger partial charge in [-0.15, -0.1) is 0 Å². The number of piperidine rings is 1. The van der Waals surface area contributed by atoms with Gasteiger partial charge in [-0.25, -0.2) is 14.2 Å². The molecular formula is C30H33FN4O3S. The number of hydrogen-bond donors (Lipinski definition) is 1. The molecule has 1 amide bonds. The van der Waals surface area contributed by atoms with Crippen LogP contribution in [0.25, 0.3) is 0 Å². The number of hydrogen-bond acceptors (Lipinski definition) is 7. The molecule has 3 aliphatic heterocycles. The van der Waals surface area contributed by atoms with Crippen LogP contribution in [0.4, 0.5) is 4.39 Å². The first kappa shape index (κ1) is 27.1. The average Bonchev–Trinajstić information content (AvgIpc) is 3.35. The maximum atomic E-state index is 14.3. The Morgan fingerprint density at radius 3 is 2.59 bits per heavy atom. The van der Waals surface area contributed by atoms with Crippen LogP contribution >= 0.6 is 11.8 Å². The Hall–Kier alpha value is -3.43. The van der Waals surface area contributed by atoms with Crippen molar-refractivity contribution in [1.29, 1.82) is 0 Å². The van der Waals surface area contributed by atoms with E-state index < -0.39 is 17.8 Å². The van der Waals surface area contributed by atoms with Gasteiger partial charge in [0.1, 0.15) is 5.82 Å². The van der Waals surface area contributed by atoms with Crippen molar-refractivity contribution in [3.63, 3.8) is 0 Å². The molecule has 204 valence electrons. The van der Waals surface area contributed by atoms with Crippen molar-refractivity contribution < 1.29 is 18.7 Å². The molecule has 0 aromatic heterocycles. The number of amides is 1. The monoisotopic (exact) mass is 548 g/mol. The molecule has 3 heterocycles. The first-order chi connectivity index (χ1) is 19.0. The molecule has 1 fully saturated rings. The maximum Gasteiger partial charge on any atom is 0.338 e. The molecule has 5 rings (SSSR count). The molecule has 39 heavy (non-hydrogen) atoms. The molecule has 0 aliphatic carbocycles. The third-order valence-electron chi connectivity index (χ3n) is 7.34. The van der Waals surface area contributed by atoms with Crippen LogP contribution in [-0.2, 0) is 20.9 Å². The van der Waals surface area contributed by atoms with Crippen LogP contribution in [0.1, 0.15) is 49.8 Å². The van der Waals surface area contributed by atoms with E-state index >= 15 is 0 Å². The van der Waals surface area contributed by atoms with Crippen molar-refractivity contribution in [1.82, 2.24) is 15.1 Å². The summed E-state index contributed by atoms with van der Waals surface area (Å²) in [5.41, 5.74) is 3.60. The second-order valence-electron chi connectivity index (χ2n) is 9.93. The van der Waals surface area contributed by atoms with E-state index in [1.807, 2.05) is 23.3 Å². The van der Waals surface area contributed by atoms with Gasteiger partial charge in [0.2, 0.25) is 5.91 Å². The lowest BCUT2D eigenvalue weighted by Gasteiger charge is -2.37. The highest BCUT2D eigenvalue weighted by Crippen LogP contribution is 2.45. The molecule has 0 radical (unpaired) electrons. The number of nitrogens with zero attached hydrogens (tertiary/aromatic N) is 3. The summed E-state index contributed by atoms with van der Waals surface area (Å²) in [6, 6.07) is 16.1. The van der Waals surface area contributed by atoms with Crippen molar-refractivity contribution >= 4 is 28.8 Å². The number of carbonyl (C=O) groups is 2. The Kier molecular flexibility index (Phi) is 8.47. The minimum atomic E-state index is -0.633. The van der Waals surface area contributed by atoms with E-state index in [1.54, 1.807) is 12.1 Å². The first-order valence-electron chi connectivity index (χ1n) is 13.3. The van der Waals surface area contributed by atoms with Crippen LogP contribution in [-0.4, -0.2) is 53.1 Å². The molecule has 1 unspecified atom stereocenters. The van der Waals surface area contributed by atoms with Gasteiger partial charge in [0.15, 0.2) is 5.17 Å². The highest BCUT2D eigenvalue weighted by atomic mass is 32.2. The van der Waals surface area contributed by atoms with E-state index in [1.165, 1.54) is 36.6 Å². The summed E-state index contributed by atoms with van der Waals surface area (Å²) in [4.78, 5) is 35.2. The molecule has 9 heteroatoms. The molecule has 0 saturated carbocycles. The number of ether oxygens (including phenoxy) is 1. The fourth-order valence-corrected chi connectivity index (χ4v) is 6.36. The number of allylic oxidation sites excluding steroid dienone is 1. The summed E-state index contributed by atoms with van der Waals surface area (Å²) in [5, 5.41) is 5.78. The van der Waals surface area contributed by atoms with E-state index in [-0.39, 0.29) is 18.4 Å². The van der Waals surface area contributed by atoms with Crippen LogP contribution in [0.15, 0.2) is 82.0 Å².